The number of rotatable bonds is 15. The Kier molecular flexibility index (Phi) is 13.6. The Hall–Kier alpha value is -0.780. The average molecular weight is 488 g/mol. The van der Waals surface area contributed by atoms with Crippen LogP contribution >= 0.6 is 22.6 Å². The van der Waals surface area contributed by atoms with E-state index in [1.165, 1.54) is 44.1 Å². The number of aryl methyl sites for hydroxylation is 1. The summed E-state index contributed by atoms with van der Waals surface area (Å²) in [4.78, 5) is 12.2. The molecule has 0 N–H and O–H groups in total. The van der Waals surface area contributed by atoms with Gasteiger partial charge in [-0.05, 0) is 43.9 Å². The lowest BCUT2D eigenvalue weighted by atomic mass is 10.1. The second-order valence-electron chi connectivity index (χ2n) is 7.12. The fourth-order valence-electron chi connectivity index (χ4n) is 3.01. The first-order valence-electron chi connectivity index (χ1n) is 10.7. The second kappa shape index (κ2) is 15.2. The predicted molar refractivity (Wildman–Crippen MR) is 122 cm³/mol. The molecule has 1 atom stereocenters. The van der Waals surface area contributed by atoms with Gasteiger partial charge in [-0.2, -0.15) is 0 Å². The number of ether oxygens (including phenoxy) is 2. The number of carbonyl (C=O) groups is 1. The molecule has 1 unspecified atom stereocenters. The molecule has 27 heavy (non-hydrogen) atoms. The van der Waals surface area contributed by atoms with Gasteiger partial charge in [0, 0.05) is 3.92 Å². The standard InChI is InChI=1S/C23H37IO3/c1-4-7-9-10-11-12-14-20(24)18-27-22-17-19(13-8-5-2)15-16-21(22)23(25)26-6-3/h15-17,20H,4-14,18H2,1-3H3. The third kappa shape index (κ3) is 10.4. The van der Waals surface area contributed by atoms with Crippen LogP contribution in [0.5, 0.6) is 5.75 Å². The summed E-state index contributed by atoms with van der Waals surface area (Å²) in [6.45, 7) is 7.28. The highest BCUT2D eigenvalue weighted by atomic mass is 127. The fraction of sp³-hybridized carbons (Fsp3) is 0.696. The van der Waals surface area contributed by atoms with Gasteiger partial charge in [0.05, 0.1) is 13.2 Å². The van der Waals surface area contributed by atoms with E-state index in [2.05, 4.69) is 36.4 Å². The van der Waals surface area contributed by atoms with E-state index in [-0.39, 0.29) is 5.97 Å². The maximum absolute atomic E-state index is 12.2. The highest BCUT2D eigenvalue weighted by Crippen LogP contribution is 2.24. The van der Waals surface area contributed by atoms with Crippen LogP contribution in [0.15, 0.2) is 18.2 Å². The third-order valence-electron chi connectivity index (χ3n) is 4.65. The molecule has 0 radical (unpaired) electrons. The smallest absolute Gasteiger partial charge is 0.341 e. The molecule has 0 aromatic heterocycles. The first-order valence-corrected chi connectivity index (χ1v) is 11.9. The van der Waals surface area contributed by atoms with Crippen LogP contribution in [-0.4, -0.2) is 23.1 Å². The Bertz CT molecular complexity index is 530. The van der Waals surface area contributed by atoms with Crippen LogP contribution in [0, 0.1) is 0 Å². The number of hydrogen-bond donors (Lipinski definition) is 0. The van der Waals surface area contributed by atoms with Crippen molar-refractivity contribution >= 4 is 28.6 Å². The van der Waals surface area contributed by atoms with E-state index in [1.54, 1.807) is 0 Å². The summed E-state index contributed by atoms with van der Waals surface area (Å²) >= 11 is 2.47. The number of carbonyl (C=O) groups excluding carboxylic acids is 1. The van der Waals surface area contributed by atoms with E-state index in [0.29, 0.717) is 28.5 Å². The first kappa shape index (κ1) is 24.3. The van der Waals surface area contributed by atoms with Gasteiger partial charge < -0.3 is 9.47 Å². The van der Waals surface area contributed by atoms with Crippen molar-refractivity contribution in [3.05, 3.63) is 29.3 Å². The SMILES string of the molecule is CCCCCCCCC(I)COc1cc(CCCC)ccc1C(=O)OCC. The van der Waals surface area contributed by atoms with Crippen LogP contribution in [0.4, 0.5) is 0 Å². The molecule has 1 aromatic carbocycles. The van der Waals surface area contributed by atoms with Crippen molar-refractivity contribution in [2.75, 3.05) is 13.2 Å². The van der Waals surface area contributed by atoms with Crippen molar-refractivity contribution in [1.29, 1.82) is 0 Å². The summed E-state index contributed by atoms with van der Waals surface area (Å²) in [7, 11) is 0. The maximum atomic E-state index is 12.2. The van der Waals surface area contributed by atoms with Gasteiger partial charge in [0.1, 0.15) is 11.3 Å². The third-order valence-corrected chi connectivity index (χ3v) is 5.63. The Morgan fingerprint density at radius 1 is 1.00 bits per heavy atom. The van der Waals surface area contributed by atoms with Gasteiger partial charge in [0.2, 0.25) is 0 Å². The zero-order chi connectivity index (χ0) is 19.9. The van der Waals surface area contributed by atoms with E-state index in [0.717, 1.165) is 25.7 Å². The molecule has 0 aliphatic carbocycles. The number of benzene rings is 1. The number of hydrogen-bond acceptors (Lipinski definition) is 3. The predicted octanol–water partition coefficient (Wildman–Crippen LogP) is 7.14. The van der Waals surface area contributed by atoms with Crippen LogP contribution in [0.25, 0.3) is 0 Å². The van der Waals surface area contributed by atoms with Gasteiger partial charge in [-0.3, -0.25) is 0 Å². The van der Waals surface area contributed by atoms with Crippen molar-refractivity contribution < 1.29 is 14.3 Å². The summed E-state index contributed by atoms with van der Waals surface area (Å²) in [5.74, 6) is 0.377. The minimum absolute atomic E-state index is 0.296. The first-order chi connectivity index (χ1) is 13.1. The summed E-state index contributed by atoms with van der Waals surface area (Å²) in [5.41, 5.74) is 1.76. The summed E-state index contributed by atoms with van der Waals surface area (Å²) in [6.07, 6.45) is 12.4. The van der Waals surface area contributed by atoms with E-state index in [4.69, 9.17) is 9.47 Å². The van der Waals surface area contributed by atoms with Crippen molar-refractivity contribution in [3.8, 4) is 5.75 Å². The van der Waals surface area contributed by atoms with Gasteiger partial charge >= 0.3 is 5.97 Å². The summed E-state index contributed by atoms with van der Waals surface area (Å²) in [6, 6.07) is 5.90. The molecule has 0 saturated carbocycles. The van der Waals surface area contributed by atoms with Gasteiger partial charge in [-0.25, -0.2) is 4.79 Å². The number of esters is 1. The average Bonchev–Trinajstić information content (AvgIpc) is 2.67. The zero-order valence-corrected chi connectivity index (χ0v) is 19.6. The molecule has 0 amide bonds. The largest absolute Gasteiger partial charge is 0.492 e. The highest BCUT2D eigenvalue weighted by Gasteiger charge is 2.16. The molecule has 3 nitrogen and oxygen atoms in total. The van der Waals surface area contributed by atoms with Crippen molar-refractivity contribution in [3.63, 3.8) is 0 Å². The van der Waals surface area contributed by atoms with Crippen molar-refractivity contribution in [1.82, 2.24) is 0 Å². The topological polar surface area (TPSA) is 35.5 Å². The monoisotopic (exact) mass is 488 g/mol. The lowest BCUT2D eigenvalue weighted by molar-refractivity contribution is 0.0521. The molecular formula is C23H37IO3. The molecule has 0 bridgehead atoms. The summed E-state index contributed by atoms with van der Waals surface area (Å²) in [5, 5.41) is 0. The molecule has 1 aromatic rings. The quantitative estimate of drug-likeness (QED) is 0.114. The van der Waals surface area contributed by atoms with E-state index < -0.39 is 0 Å². The van der Waals surface area contributed by atoms with Gasteiger partial charge in [-0.1, -0.05) is 87.5 Å². The second-order valence-corrected chi connectivity index (χ2v) is 8.88. The molecule has 4 heteroatoms. The molecule has 0 aliphatic rings. The van der Waals surface area contributed by atoms with Crippen LogP contribution in [0.2, 0.25) is 0 Å². The Labute approximate surface area is 179 Å². The van der Waals surface area contributed by atoms with Gasteiger partial charge in [-0.15, -0.1) is 0 Å². The number of alkyl halides is 1. The molecular weight excluding hydrogens is 451 g/mol. The van der Waals surface area contributed by atoms with E-state index >= 15 is 0 Å². The number of unbranched alkanes of at least 4 members (excludes halogenated alkanes) is 6. The molecule has 0 spiro atoms. The molecule has 0 saturated heterocycles. The minimum Gasteiger partial charge on any atom is -0.492 e. The lowest BCUT2D eigenvalue weighted by Crippen LogP contribution is -2.14. The molecule has 0 aliphatic heterocycles. The highest BCUT2D eigenvalue weighted by molar-refractivity contribution is 14.1. The van der Waals surface area contributed by atoms with Crippen LogP contribution in [-0.2, 0) is 11.2 Å². The zero-order valence-electron chi connectivity index (χ0n) is 17.4. The molecule has 0 fully saturated rings. The van der Waals surface area contributed by atoms with Gasteiger partial charge in [0.25, 0.3) is 0 Å². The van der Waals surface area contributed by atoms with E-state index in [9.17, 15) is 4.79 Å². The van der Waals surface area contributed by atoms with Crippen LogP contribution in [0.1, 0.15) is 94.5 Å². The normalized spacial score (nSPS) is 12.0. The van der Waals surface area contributed by atoms with Crippen LogP contribution in [0.3, 0.4) is 0 Å². The Morgan fingerprint density at radius 2 is 1.70 bits per heavy atom. The molecule has 0 heterocycles. The number of halogens is 1. The van der Waals surface area contributed by atoms with Crippen LogP contribution < -0.4 is 4.74 Å². The van der Waals surface area contributed by atoms with Gasteiger partial charge in [0.15, 0.2) is 0 Å². The lowest BCUT2D eigenvalue weighted by Gasteiger charge is -2.15. The van der Waals surface area contributed by atoms with E-state index in [1.807, 2.05) is 25.1 Å². The van der Waals surface area contributed by atoms with Crippen molar-refractivity contribution in [2.24, 2.45) is 0 Å². The molecule has 154 valence electrons. The van der Waals surface area contributed by atoms with Crippen molar-refractivity contribution in [2.45, 2.75) is 88.9 Å². The summed E-state index contributed by atoms with van der Waals surface area (Å²) < 4.78 is 11.7. The Morgan fingerprint density at radius 3 is 2.41 bits per heavy atom. The molecule has 1 rings (SSSR count). The Balaban J connectivity index is 2.57. The minimum atomic E-state index is -0.296. The maximum Gasteiger partial charge on any atom is 0.341 e. The fourth-order valence-corrected chi connectivity index (χ4v) is 3.63.